The number of anilines is 2. The van der Waals surface area contributed by atoms with Crippen LogP contribution in [0, 0.1) is 0 Å². The van der Waals surface area contributed by atoms with Gasteiger partial charge < -0.3 is 14.5 Å². The molecule has 1 aromatic carbocycles. The molecule has 0 spiro atoms. The van der Waals surface area contributed by atoms with E-state index < -0.39 is 28.4 Å². The molecular formula is C18H29B3N2O7S. The maximum atomic E-state index is 13.1. The Morgan fingerprint density at radius 2 is 1.26 bits per heavy atom. The van der Waals surface area contributed by atoms with E-state index in [1.165, 1.54) is 23.6 Å². The van der Waals surface area contributed by atoms with Crippen molar-refractivity contribution in [2.45, 2.75) is 32.8 Å². The van der Waals surface area contributed by atoms with Crippen LogP contribution >= 0.6 is 0 Å². The molecule has 0 saturated carbocycles. The number of hydrogen-bond donors (Lipinski definition) is 1. The van der Waals surface area contributed by atoms with E-state index in [1.54, 1.807) is 14.1 Å². The summed E-state index contributed by atoms with van der Waals surface area (Å²) in [4.78, 5) is 40.5. The zero-order chi connectivity index (χ0) is 24.1. The van der Waals surface area contributed by atoms with E-state index in [9.17, 15) is 22.8 Å². The molecule has 31 heavy (non-hydrogen) atoms. The predicted octanol–water partition coefficient (Wildman–Crippen LogP) is -1.90. The molecule has 0 bridgehead atoms. The maximum Gasteiger partial charge on any atom is 0.338 e. The maximum absolute atomic E-state index is 13.1. The van der Waals surface area contributed by atoms with E-state index >= 15 is 0 Å². The average molecular weight is 450 g/mol. The standard InChI is InChI=1S/C18H29B3N2O7S/c1-10(24)22(3)16-12(7-19)15(18(26)30-5-6-31(27,28)29)13(8-20)17(14(16)9-21)23(4)11(2)25/h5-9,19-21H2,1-4H3,(H,27,28,29). The average Bonchev–Trinajstić information content (AvgIpc) is 2.68. The summed E-state index contributed by atoms with van der Waals surface area (Å²) in [6.45, 7) is 2.30. The van der Waals surface area contributed by atoms with Crippen LogP contribution in [0.1, 0.15) is 40.9 Å². The lowest BCUT2D eigenvalue weighted by molar-refractivity contribution is -0.117. The van der Waals surface area contributed by atoms with E-state index in [4.69, 9.17) is 9.29 Å². The Balaban J connectivity index is 3.94. The molecule has 0 aliphatic heterocycles. The van der Waals surface area contributed by atoms with Crippen LogP contribution in [0.25, 0.3) is 0 Å². The number of carbonyl (C=O) groups is 3. The molecule has 0 aromatic heterocycles. The third-order valence-corrected chi connectivity index (χ3v) is 5.88. The zero-order valence-electron chi connectivity index (χ0n) is 19.2. The Kier molecular flexibility index (Phi) is 9.37. The minimum atomic E-state index is -4.29. The van der Waals surface area contributed by atoms with Gasteiger partial charge in [-0.15, -0.1) is 0 Å². The molecule has 1 N–H and O–H groups in total. The van der Waals surface area contributed by atoms with E-state index in [2.05, 4.69) is 0 Å². The van der Waals surface area contributed by atoms with E-state index in [0.717, 1.165) is 5.56 Å². The number of rotatable bonds is 9. The molecule has 0 heterocycles. The molecule has 9 nitrogen and oxygen atoms in total. The molecule has 1 aromatic rings. The molecule has 2 amide bonds. The van der Waals surface area contributed by atoms with Gasteiger partial charge in [0.15, 0.2) is 0 Å². The quantitative estimate of drug-likeness (QED) is 0.265. The number of amides is 2. The number of benzene rings is 1. The van der Waals surface area contributed by atoms with E-state index in [0.29, 0.717) is 41.5 Å². The van der Waals surface area contributed by atoms with E-state index in [-0.39, 0.29) is 17.4 Å². The highest BCUT2D eigenvalue weighted by Gasteiger charge is 2.30. The Bertz CT molecular complexity index is 934. The second-order valence-electron chi connectivity index (χ2n) is 7.15. The van der Waals surface area contributed by atoms with Crippen molar-refractivity contribution in [2.75, 3.05) is 36.3 Å². The second-order valence-corrected chi connectivity index (χ2v) is 8.72. The molecule has 0 aliphatic rings. The Hall–Kier alpha value is -2.27. The molecule has 0 fully saturated rings. The fourth-order valence-corrected chi connectivity index (χ4v) is 3.90. The monoisotopic (exact) mass is 450 g/mol. The lowest BCUT2D eigenvalue weighted by Gasteiger charge is -2.32. The summed E-state index contributed by atoms with van der Waals surface area (Å²) < 4.78 is 36.1. The van der Waals surface area contributed by atoms with Crippen LogP contribution in [-0.2, 0) is 43.4 Å². The minimum absolute atomic E-state index is 0.212. The first-order chi connectivity index (χ1) is 14.3. The van der Waals surface area contributed by atoms with Crippen molar-refractivity contribution in [1.29, 1.82) is 0 Å². The Morgan fingerprint density at radius 1 is 0.871 bits per heavy atom. The highest BCUT2D eigenvalue weighted by Crippen LogP contribution is 2.40. The van der Waals surface area contributed by atoms with Crippen molar-refractivity contribution in [1.82, 2.24) is 0 Å². The van der Waals surface area contributed by atoms with Crippen LogP contribution in [0.2, 0.25) is 0 Å². The number of carbonyl (C=O) groups excluding carboxylic acids is 3. The number of ether oxygens (including phenoxy) is 1. The van der Waals surface area contributed by atoms with Gasteiger partial charge in [-0.3, -0.25) is 14.1 Å². The minimum Gasteiger partial charge on any atom is -0.461 e. The van der Waals surface area contributed by atoms with Gasteiger partial charge in [-0.1, -0.05) is 19.0 Å². The fraction of sp³-hybridized carbons (Fsp3) is 0.500. The summed E-state index contributed by atoms with van der Waals surface area (Å²) in [6, 6.07) is 0. The molecule has 1 rings (SSSR count). The van der Waals surface area contributed by atoms with Crippen molar-refractivity contribution in [2.24, 2.45) is 0 Å². The zero-order valence-corrected chi connectivity index (χ0v) is 20.1. The number of hydrogen-bond acceptors (Lipinski definition) is 6. The van der Waals surface area contributed by atoms with Crippen molar-refractivity contribution in [3.8, 4) is 0 Å². The molecule has 0 saturated heterocycles. The van der Waals surface area contributed by atoms with Gasteiger partial charge in [-0.05, 0) is 16.7 Å². The highest BCUT2D eigenvalue weighted by atomic mass is 32.2. The topological polar surface area (TPSA) is 121 Å². The van der Waals surface area contributed by atoms with Gasteiger partial charge in [0.2, 0.25) is 11.8 Å². The first kappa shape index (κ1) is 26.8. The number of nitrogens with zero attached hydrogens (tertiary/aromatic N) is 2. The van der Waals surface area contributed by atoms with Gasteiger partial charge in [0.05, 0.1) is 16.9 Å². The normalized spacial score (nSPS) is 11.1. The summed E-state index contributed by atoms with van der Waals surface area (Å²) in [5.41, 5.74) is 3.23. The van der Waals surface area contributed by atoms with Crippen molar-refractivity contribution in [3.05, 3.63) is 22.3 Å². The SMILES string of the molecule is BCc1c(C(=O)OCCS(=O)(=O)O)c(CB)c(N(C)C(C)=O)c(CB)c1N(C)C(C)=O. The third-order valence-electron chi connectivity index (χ3n) is 5.20. The van der Waals surface area contributed by atoms with Gasteiger partial charge in [0, 0.05) is 27.9 Å². The third kappa shape index (κ3) is 6.13. The largest absolute Gasteiger partial charge is 0.461 e. The summed E-state index contributed by atoms with van der Waals surface area (Å²) in [5, 5.41) is 0. The lowest BCUT2D eigenvalue weighted by Crippen LogP contribution is -2.32. The van der Waals surface area contributed by atoms with Crippen LogP contribution in [0.4, 0.5) is 11.4 Å². The second kappa shape index (κ2) is 10.9. The van der Waals surface area contributed by atoms with Crippen LogP contribution < -0.4 is 9.80 Å². The first-order valence-corrected chi connectivity index (χ1v) is 11.7. The first-order valence-electron chi connectivity index (χ1n) is 10.1. The van der Waals surface area contributed by atoms with Gasteiger partial charge in [-0.25, -0.2) is 4.79 Å². The molecule has 0 atom stereocenters. The summed E-state index contributed by atoms with van der Waals surface area (Å²) in [7, 11) is 4.51. The summed E-state index contributed by atoms with van der Waals surface area (Å²) >= 11 is 0. The van der Waals surface area contributed by atoms with Gasteiger partial charge in [-0.2, -0.15) is 8.42 Å². The van der Waals surface area contributed by atoms with Crippen molar-refractivity contribution < 1.29 is 32.1 Å². The predicted molar refractivity (Wildman–Crippen MR) is 128 cm³/mol. The highest BCUT2D eigenvalue weighted by molar-refractivity contribution is 7.85. The van der Waals surface area contributed by atoms with Crippen LogP contribution in [-0.4, -0.2) is 80.7 Å². The summed E-state index contributed by atoms with van der Waals surface area (Å²) in [6.07, 6.45) is 1.32. The smallest absolute Gasteiger partial charge is 0.338 e. The molecule has 13 heteroatoms. The van der Waals surface area contributed by atoms with Crippen molar-refractivity contribution >= 4 is 62.8 Å². The lowest BCUT2D eigenvalue weighted by atomic mass is 9.78. The molecular weight excluding hydrogens is 421 g/mol. The fourth-order valence-electron chi connectivity index (χ4n) is 3.60. The van der Waals surface area contributed by atoms with Crippen LogP contribution in [0.15, 0.2) is 0 Å². The van der Waals surface area contributed by atoms with E-state index in [1.807, 2.05) is 23.5 Å². The number of esters is 1. The molecule has 0 radical (unpaired) electrons. The summed E-state index contributed by atoms with van der Waals surface area (Å²) in [5.74, 6) is -1.97. The molecule has 0 unspecified atom stereocenters. The van der Waals surface area contributed by atoms with Crippen LogP contribution in [0.5, 0.6) is 0 Å². The van der Waals surface area contributed by atoms with Gasteiger partial charge in [0.1, 0.15) is 35.9 Å². The van der Waals surface area contributed by atoms with Gasteiger partial charge >= 0.3 is 5.97 Å². The van der Waals surface area contributed by atoms with Gasteiger partial charge in [0.25, 0.3) is 10.1 Å². The molecule has 0 aliphatic carbocycles. The molecule has 168 valence electrons. The Morgan fingerprint density at radius 3 is 1.55 bits per heavy atom. The van der Waals surface area contributed by atoms with Crippen LogP contribution in [0.3, 0.4) is 0 Å². The van der Waals surface area contributed by atoms with Crippen molar-refractivity contribution in [3.63, 3.8) is 0 Å². The Labute approximate surface area is 186 Å².